The Morgan fingerprint density at radius 3 is 2.09 bits per heavy atom. The van der Waals surface area contributed by atoms with Gasteiger partial charge in [0.15, 0.2) is 5.78 Å². The molecule has 0 unspecified atom stereocenters. The van der Waals surface area contributed by atoms with E-state index in [1.807, 2.05) is 6.08 Å². The van der Waals surface area contributed by atoms with Crippen LogP contribution in [-0.4, -0.2) is 5.78 Å². The third-order valence-electron chi connectivity index (χ3n) is 4.02. The Labute approximate surface area is 67.5 Å². The quantitative estimate of drug-likeness (QED) is 0.517. The number of carbonyl (C=O) groups excluding carboxylic acids is 1. The summed E-state index contributed by atoms with van der Waals surface area (Å²) >= 11 is 0. The fourth-order valence-corrected chi connectivity index (χ4v) is 2.80. The number of fused-ring (bicyclic) bond motifs is 1. The van der Waals surface area contributed by atoms with Crippen molar-refractivity contribution in [1.29, 1.82) is 0 Å². The second-order valence-electron chi connectivity index (χ2n) is 4.59. The molecule has 0 saturated heterocycles. The average Bonchev–Trinajstić information content (AvgIpc) is 2.15. The number of rotatable bonds is 0. The maximum absolute atomic E-state index is 11.4. The summed E-state index contributed by atoms with van der Waals surface area (Å²) in [6.07, 6.45) is 1.82. The Hall–Kier alpha value is -0.590. The third-order valence-corrected chi connectivity index (χ3v) is 4.02. The van der Waals surface area contributed by atoms with Crippen molar-refractivity contribution in [2.75, 3.05) is 0 Å². The van der Waals surface area contributed by atoms with Gasteiger partial charge in [-0.3, -0.25) is 4.79 Å². The monoisotopic (exact) mass is 150 g/mol. The molecule has 2 aliphatic rings. The van der Waals surface area contributed by atoms with E-state index in [4.69, 9.17) is 0 Å². The van der Waals surface area contributed by atoms with Crippen molar-refractivity contribution in [3.8, 4) is 0 Å². The second-order valence-corrected chi connectivity index (χ2v) is 4.59. The molecule has 0 heterocycles. The summed E-state index contributed by atoms with van der Waals surface area (Å²) in [6, 6.07) is 0. The van der Waals surface area contributed by atoms with Crippen molar-refractivity contribution in [1.82, 2.24) is 0 Å². The predicted octanol–water partition coefficient (Wildman–Crippen LogP) is 2.18. The molecule has 2 aliphatic carbocycles. The van der Waals surface area contributed by atoms with Crippen LogP contribution in [0, 0.1) is 16.7 Å². The minimum absolute atomic E-state index is 0.198. The van der Waals surface area contributed by atoms with Gasteiger partial charge in [0.1, 0.15) is 0 Å². The lowest BCUT2D eigenvalue weighted by Crippen LogP contribution is -2.06. The Bertz CT molecular complexity index is 273. The molecule has 0 amide bonds. The molecule has 0 aromatic carbocycles. The van der Waals surface area contributed by atoms with E-state index in [0.717, 1.165) is 0 Å². The molecule has 11 heavy (non-hydrogen) atoms. The third kappa shape index (κ3) is 0.492. The predicted molar refractivity (Wildman–Crippen MR) is 44.1 cm³/mol. The van der Waals surface area contributed by atoms with Gasteiger partial charge in [-0.05, 0) is 18.4 Å². The van der Waals surface area contributed by atoms with Crippen molar-refractivity contribution in [2.24, 2.45) is 16.7 Å². The van der Waals surface area contributed by atoms with E-state index in [2.05, 4.69) is 27.7 Å². The fraction of sp³-hybridized carbons (Fsp3) is 0.700. The summed E-state index contributed by atoms with van der Waals surface area (Å²) < 4.78 is 0. The van der Waals surface area contributed by atoms with Crippen LogP contribution < -0.4 is 0 Å². The highest BCUT2D eigenvalue weighted by atomic mass is 16.1. The topological polar surface area (TPSA) is 17.1 Å². The van der Waals surface area contributed by atoms with Gasteiger partial charge in [-0.25, -0.2) is 0 Å². The van der Waals surface area contributed by atoms with Gasteiger partial charge in [-0.1, -0.05) is 26.3 Å². The lowest BCUT2D eigenvalue weighted by molar-refractivity contribution is -0.116. The molecule has 0 bridgehead atoms. The van der Waals surface area contributed by atoms with Crippen LogP contribution in [-0.2, 0) is 4.79 Å². The van der Waals surface area contributed by atoms with Crippen LogP contribution in [0.2, 0.25) is 0 Å². The van der Waals surface area contributed by atoms with Gasteiger partial charge in [-0.2, -0.15) is 0 Å². The van der Waals surface area contributed by atoms with E-state index < -0.39 is 0 Å². The number of hydrogen-bond acceptors (Lipinski definition) is 1. The minimum Gasteiger partial charge on any atom is -0.294 e. The number of allylic oxidation sites excluding steroid dienone is 2. The first-order valence-electron chi connectivity index (χ1n) is 4.15. The van der Waals surface area contributed by atoms with Gasteiger partial charge in [-0.15, -0.1) is 0 Å². The summed E-state index contributed by atoms with van der Waals surface area (Å²) in [7, 11) is 0. The van der Waals surface area contributed by atoms with Crippen LogP contribution >= 0.6 is 0 Å². The first-order chi connectivity index (χ1) is 4.92. The molecule has 0 aromatic heterocycles. The van der Waals surface area contributed by atoms with Crippen LogP contribution in [0.4, 0.5) is 0 Å². The number of hydrogen-bond donors (Lipinski definition) is 0. The highest BCUT2D eigenvalue weighted by Crippen LogP contribution is 2.75. The molecule has 0 aliphatic heterocycles. The molecule has 2 atom stereocenters. The lowest BCUT2D eigenvalue weighted by atomic mass is 9.91. The molecular formula is C10H14O. The molecule has 1 nitrogen and oxygen atoms in total. The van der Waals surface area contributed by atoms with Crippen LogP contribution in [0.5, 0.6) is 0 Å². The Kier molecular flexibility index (Phi) is 0.935. The summed E-state index contributed by atoms with van der Waals surface area (Å²) in [5.74, 6) is 0.630. The first kappa shape index (κ1) is 7.08. The fourth-order valence-electron chi connectivity index (χ4n) is 2.80. The molecule has 0 aromatic rings. The average molecular weight is 150 g/mol. The van der Waals surface area contributed by atoms with Crippen LogP contribution in [0.3, 0.4) is 0 Å². The van der Waals surface area contributed by atoms with Crippen molar-refractivity contribution < 1.29 is 4.79 Å². The zero-order valence-electron chi connectivity index (χ0n) is 7.56. The van der Waals surface area contributed by atoms with Crippen molar-refractivity contribution in [3.63, 3.8) is 0 Å². The Balaban J connectivity index is 2.49. The number of carbonyl (C=O) groups is 1. The first-order valence-corrected chi connectivity index (χ1v) is 4.15. The van der Waals surface area contributed by atoms with Crippen LogP contribution in [0.15, 0.2) is 11.6 Å². The Morgan fingerprint density at radius 1 is 1.36 bits per heavy atom. The van der Waals surface area contributed by atoms with Crippen molar-refractivity contribution in [2.45, 2.75) is 27.7 Å². The zero-order chi connectivity index (χ0) is 8.44. The van der Waals surface area contributed by atoms with E-state index >= 15 is 0 Å². The van der Waals surface area contributed by atoms with E-state index in [-0.39, 0.29) is 16.7 Å². The normalized spacial score (nSPS) is 45.3. The van der Waals surface area contributed by atoms with Crippen LogP contribution in [0.25, 0.3) is 0 Å². The van der Waals surface area contributed by atoms with Crippen molar-refractivity contribution >= 4 is 5.78 Å². The van der Waals surface area contributed by atoms with Gasteiger partial charge in [0.25, 0.3) is 0 Å². The molecule has 1 fully saturated rings. The standard InChI is InChI=1S/C10H14O/c1-6-5-7(11)8-9(2,3)10(6,8)4/h5,8H,1-4H3/t8-,10-/m1/s1. The SMILES string of the molecule is CC1=CC(=O)[C@@H]2C(C)(C)[C@]12C. The summed E-state index contributed by atoms with van der Waals surface area (Å²) in [4.78, 5) is 11.4. The molecule has 1 saturated carbocycles. The van der Waals surface area contributed by atoms with Gasteiger partial charge in [0.05, 0.1) is 0 Å². The molecular weight excluding hydrogens is 136 g/mol. The van der Waals surface area contributed by atoms with Gasteiger partial charge < -0.3 is 0 Å². The largest absolute Gasteiger partial charge is 0.294 e. The molecule has 0 N–H and O–H groups in total. The summed E-state index contributed by atoms with van der Waals surface area (Å²) in [6.45, 7) is 8.65. The smallest absolute Gasteiger partial charge is 0.160 e. The minimum atomic E-state index is 0.198. The Morgan fingerprint density at radius 2 is 1.91 bits per heavy atom. The van der Waals surface area contributed by atoms with Crippen LogP contribution in [0.1, 0.15) is 27.7 Å². The lowest BCUT2D eigenvalue weighted by Gasteiger charge is -2.13. The number of ketones is 1. The highest BCUT2D eigenvalue weighted by Gasteiger charge is 2.73. The van der Waals surface area contributed by atoms with Gasteiger partial charge >= 0.3 is 0 Å². The zero-order valence-corrected chi connectivity index (χ0v) is 7.56. The summed E-state index contributed by atoms with van der Waals surface area (Å²) in [5, 5.41) is 0. The van der Waals surface area contributed by atoms with E-state index in [0.29, 0.717) is 5.78 Å². The van der Waals surface area contributed by atoms with Gasteiger partial charge in [0.2, 0.25) is 0 Å². The highest BCUT2D eigenvalue weighted by molar-refractivity contribution is 6.01. The molecule has 1 heteroatoms. The van der Waals surface area contributed by atoms with E-state index in [9.17, 15) is 4.79 Å². The maximum atomic E-state index is 11.4. The summed E-state index contributed by atoms with van der Waals surface area (Å²) in [5.41, 5.74) is 1.70. The molecule has 60 valence electrons. The van der Waals surface area contributed by atoms with Crippen molar-refractivity contribution in [3.05, 3.63) is 11.6 Å². The maximum Gasteiger partial charge on any atom is 0.160 e. The second kappa shape index (κ2) is 1.45. The molecule has 2 rings (SSSR count). The van der Waals surface area contributed by atoms with Gasteiger partial charge in [0, 0.05) is 11.3 Å². The molecule has 0 spiro atoms. The van der Waals surface area contributed by atoms with E-state index in [1.54, 1.807) is 0 Å². The molecule has 0 radical (unpaired) electrons. The van der Waals surface area contributed by atoms with E-state index in [1.165, 1.54) is 5.57 Å².